The van der Waals surface area contributed by atoms with Crippen LogP contribution in [0.25, 0.3) is 26.9 Å². The lowest BCUT2D eigenvalue weighted by Gasteiger charge is -2.21. The minimum absolute atomic E-state index is 0.250. The van der Waals surface area contributed by atoms with Crippen molar-refractivity contribution >= 4 is 34.0 Å². The monoisotopic (exact) mass is 765 g/mol. The van der Waals surface area contributed by atoms with Gasteiger partial charge in [-0.3, -0.25) is 0 Å². The van der Waals surface area contributed by atoms with E-state index < -0.39 is 0 Å². The molecule has 57 heavy (non-hydrogen) atoms. The second-order valence-corrected chi connectivity index (χ2v) is 15.1. The highest BCUT2D eigenvalue weighted by Crippen LogP contribution is 2.38. The molecule has 2 aliphatic carbocycles. The number of nitrogens with zero attached hydrogens (tertiary/aromatic N) is 5. The molecule has 0 atom stereocenters. The van der Waals surface area contributed by atoms with Crippen LogP contribution >= 0.6 is 0 Å². The highest BCUT2D eigenvalue weighted by molar-refractivity contribution is 5.83. The highest BCUT2D eigenvalue weighted by atomic mass is 16.5. The molecular weight excluding hydrogens is 711 g/mol. The Labute approximate surface area is 336 Å². The first-order valence-corrected chi connectivity index (χ1v) is 20.7. The minimum Gasteiger partial charge on any atom is -0.375 e. The van der Waals surface area contributed by atoms with Crippen LogP contribution in [0.5, 0.6) is 0 Å². The summed E-state index contributed by atoms with van der Waals surface area (Å²) < 4.78 is 16.3. The number of rotatable bonds is 13. The SMILES string of the molecule is CCc1ccc2c(C3CCCCC3)cn(CCOCc3ccccc3)c2n1.O=C=O.[C-]#[N+]c1ccc2c(C3CCCCC3)cn(CCOCc3ccccc3)c2n1. The molecule has 0 unspecified atom stereocenters. The van der Waals surface area contributed by atoms with Gasteiger partial charge in [0.05, 0.1) is 26.4 Å². The van der Waals surface area contributed by atoms with Crippen molar-refractivity contribution < 1.29 is 19.1 Å². The molecular formula is C48H55N5O4. The van der Waals surface area contributed by atoms with Crippen LogP contribution in [0, 0.1) is 6.57 Å². The van der Waals surface area contributed by atoms with Crippen LogP contribution in [-0.4, -0.2) is 38.5 Å². The van der Waals surface area contributed by atoms with Gasteiger partial charge in [0.2, 0.25) is 5.65 Å². The third kappa shape index (κ3) is 11.4. The lowest BCUT2D eigenvalue weighted by molar-refractivity contribution is -0.191. The Morgan fingerprint density at radius 3 is 1.56 bits per heavy atom. The van der Waals surface area contributed by atoms with Gasteiger partial charge in [-0.2, -0.15) is 9.59 Å². The largest absolute Gasteiger partial charge is 0.375 e. The summed E-state index contributed by atoms with van der Waals surface area (Å²) in [5.74, 6) is 1.78. The summed E-state index contributed by atoms with van der Waals surface area (Å²) >= 11 is 0. The Morgan fingerprint density at radius 1 is 0.649 bits per heavy atom. The van der Waals surface area contributed by atoms with Crippen molar-refractivity contribution in [3.8, 4) is 0 Å². The van der Waals surface area contributed by atoms with E-state index in [1.165, 1.54) is 103 Å². The zero-order valence-corrected chi connectivity index (χ0v) is 33.3. The molecule has 9 nitrogen and oxygen atoms in total. The van der Waals surface area contributed by atoms with E-state index in [1.54, 1.807) is 0 Å². The predicted molar refractivity (Wildman–Crippen MR) is 224 cm³/mol. The van der Waals surface area contributed by atoms with Gasteiger partial charge in [-0.15, -0.1) is 4.98 Å². The molecule has 2 aliphatic rings. The van der Waals surface area contributed by atoms with Crippen LogP contribution in [0.4, 0.5) is 5.82 Å². The molecule has 0 spiro atoms. The zero-order valence-electron chi connectivity index (χ0n) is 33.3. The molecule has 0 amide bonds. The second kappa shape index (κ2) is 21.8. The normalized spacial score (nSPS) is 14.6. The van der Waals surface area contributed by atoms with Crippen molar-refractivity contribution in [2.45, 2.75) is 116 Å². The summed E-state index contributed by atoms with van der Waals surface area (Å²) in [4.78, 5) is 29.3. The molecule has 6 aromatic rings. The van der Waals surface area contributed by atoms with E-state index in [0.717, 1.165) is 30.8 Å². The molecule has 9 heteroatoms. The fourth-order valence-electron chi connectivity index (χ4n) is 8.34. The summed E-state index contributed by atoms with van der Waals surface area (Å²) in [6.45, 7) is 13.7. The number of pyridine rings is 2. The maximum Gasteiger partial charge on any atom is 0.373 e. The maximum absolute atomic E-state index is 8.12. The van der Waals surface area contributed by atoms with Gasteiger partial charge in [0.15, 0.2) is 0 Å². The highest BCUT2D eigenvalue weighted by Gasteiger charge is 2.23. The van der Waals surface area contributed by atoms with E-state index in [2.05, 4.69) is 92.9 Å². The van der Waals surface area contributed by atoms with Gasteiger partial charge in [-0.05, 0) is 84.4 Å². The van der Waals surface area contributed by atoms with Crippen LogP contribution < -0.4 is 0 Å². The Kier molecular flexibility index (Phi) is 15.8. The summed E-state index contributed by atoms with van der Waals surface area (Å²) in [5.41, 5.74) is 8.54. The number of hydrogen-bond acceptors (Lipinski definition) is 6. The molecule has 0 bridgehead atoms. The first-order valence-electron chi connectivity index (χ1n) is 20.7. The summed E-state index contributed by atoms with van der Waals surface area (Å²) in [6.07, 6.45) is 19.1. The Balaban J connectivity index is 0.000000180. The summed E-state index contributed by atoms with van der Waals surface area (Å²) in [6, 6.07) is 29.1. The fourth-order valence-corrected chi connectivity index (χ4v) is 8.34. The van der Waals surface area contributed by atoms with E-state index in [0.29, 0.717) is 44.1 Å². The third-order valence-corrected chi connectivity index (χ3v) is 11.3. The van der Waals surface area contributed by atoms with Crippen LogP contribution in [0.2, 0.25) is 0 Å². The van der Waals surface area contributed by atoms with Gasteiger partial charge in [0.1, 0.15) is 5.65 Å². The van der Waals surface area contributed by atoms with Gasteiger partial charge in [0, 0.05) is 41.9 Å². The maximum atomic E-state index is 8.12. The van der Waals surface area contributed by atoms with Crippen LogP contribution in [-0.2, 0) is 51.8 Å². The van der Waals surface area contributed by atoms with Gasteiger partial charge in [-0.25, -0.2) is 4.98 Å². The molecule has 0 aliphatic heterocycles. The predicted octanol–water partition coefficient (Wildman–Crippen LogP) is 11.1. The van der Waals surface area contributed by atoms with Crippen LogP contribution in [0.15, 0.2) is 97.3 Å². The number of hydrogen-bond donors (Lipinski definition) is 0. The van der Waals surface area contributed by atoms with Crippen molar-refractivity contribution in [2.24, 2.45) is 0 Å². The van der Waals surface area contributed by atoms with Crippen molar-refractivity contribution in [3.63, 3.8) is 0 Å². The van der Waals surface area contributed by atoms with Gasteiger partial charge >= 0.3 is 6.15 Å². The van der Waals surface area contributed by atoms with E-state index in [1.807, 2.05) is 30.3 Å². The smallest absolute Gasteiger partial charge is 0.373 e. The molecule has 0 N–H and O–H groups in total. The average Bonchev–Trinajstić information content (AvgIpc) is 3.83. The van der Waals surface area contributed by atoms with Crippen molar-refractivity contribution in [1.29, 1.82) is 0 Å². The molecule has 0 radical (unpaired) electrons. The molecule has 2 aromatic carbocycles. The molecule has 2 fully saturated rings. The average molecular weight is 766 g/mol. The Bertz CT molecular complexity index is 2200. The van der Waals surface area contributed by atoms with Crippen molar-refractivity contribution in [2.75, 3.05) is 13.2 Å². The van der Waals surface area contributed by atoms with Crippen molar-refractivity contribution in [3.05, 3.63) is 137 Å². The topological polar surface area (TPSA) is 92.6 Å². The van der Waals surface area contributed by atoms with Gasteiger partial charge < -0.3 is 23.5 Å². The third-order valence-electron chi connectivity index (χ3n) is 11.3. The number of fused-ring (bicyclic) bond motifs is 2. The standard InChI is InChI=1S/C24H30N2O.C23H25N3O.CO2/c1-2-21-13-14-22-23(20-11-7-4-8-12-20)17-26(24(22)25-21)15-16-27-18-19-9-5-3-6-10-19;1-24-22-13-12-20-21(19-10-6-3-7-11-19)16-26(23(20)25-22)14-15-27-17-18-8-4-2-5-9-18;2-1-3/h3,5-6,9-10,13-14,17,20H,2,4,7-8,11-12,15-16,18H2,1H3;2,4-5,8-9,12-13,16,19H,3,6-7,10-11,14-15,17H2;. The van der Waals surface area contributed by atoms with Crippen molar-refractivity contribution in [1.82, 2.24) is 19.1 Å². The molecule has 2 saturated carbocycles. The van der Waals surface area contributed by atoms with Crippen LogP contribution in [0.3, 0.4) is 0 Å². The van der Waals surface area contributed by atoms with Gasteiger partial charge in [-0.1, -0.05) is 119 Å². The number of benzene rings is 2. The fraction of sp³-hybridized carbons (Fsp3) is 0.417. The lowest BCUT2D eigenvalue weighted by atomic mass is 9.84. The lowest BCUT2D eigenvalue weighted by Crippen LogP contribution is -2.06. The number of aromatic nitrogens is 4. The van der Waals surface area contributed by atoms with E-state index in [4.69, 9.17) is 30.6 Å². The summed E-state index contributed by atoms with van der Waals surface area (Å²) in [5, 5.41) is 2.56. The number of carbonyl (C=O) groups excluding carboxylic acids is 2. The van der Waals surface area contributed by atoms with E-state index in [9.17, 15) is 0 Å². The Morgan fingerprint density at radius 2 is 1.11 bits per heavy atom. The van der Waals surface area contributed by atoms with Gasteiger partial charge in [0.25, 0.3) is 5.82 Å². The molecule has 296 valence electrons. The zero-order chi connectivity index (χ0) is 39.7. The molecule has 8 rings (SSSR count). The molecule has 4 heterocycles. The summed E-state index contributed by atoms with van der Waals surface area (Å²) in [7, 11) is 0. The number of aryl methyl sites for hydroxylation is 1. The van der Waals surface area contributed by atoms with E-state index >= 15 is 0 Å². The first-order chi connectivity index (χ1) is 28.1. The second-order valence-electron chi connectivity index (χ2n) is 15.1. The first kappa shape index (κ1) is 41.2. The minimum atomic E-state index is 0.250. The van der Waals surface area contributed by atoms with E-state index in [-0.39, 0.29) is 6.15 Å². The Hall–Kier alpha value is -5.39. The molecule has 0 saturated heterocycles. The molecule has 4 aromatic heterocycles. The number of ether oxygens (including phenoxy) is 2. The quantitative estimate of drug-likeness (QED) is 0.0858. The van der Waals surface area contributed by atoms with Crippen LogP contribution in [0.1, 0.15) is 111 Å².